The first kappa shape index (κ1) is 28.0. The molecule has 1 fully saturated rings. The summed E-state index contributed by atoms with van der Waals surface area (Å²) < 4.78 is 21.1. The van der Waals surface area contributed by atoms with Crippen molar-refractivity contribution in [2.24, 2.45) is 0 Å². The van der Waals surface area contributed by atoms with Crippen molar-refractivity contribution >= 4 is 24.2 Å². The summed E-state index contributed by atoms with van der Waals surface area (Å²) in [5.74, 6) is -0.811. The van der Waals surface area contributed by atoms with E-state index in [4.69, 9.17) is 18.9 Å². The van der Waals surface area contributed by atoms with E-state index in [-0.39, 0.29) is 26.4 Å². The quantitative estimate of drug-likeness (QED) is 0.259. The van der Waals surface area contributed by atoms with E-state index in [0.717, 1.165) is 16.7 Å². The van der Waals surface area contributed by atoms with E-state index in [0.29, 0.717) is 0 Å². The second-order valence-corrected chi connectivity index (χ2v) is 8.83. The van der Waals surface area contributed by atoms with Gasteiger partial charge in [-0.05, 0) is 16.7 Å². The maximum Gasteiger partial charge on any atom is 0.408 e. The molecular formula is C29H29N3O8. The van der Waals surface area contributed by atoms with Crippen LogP contribution in [0.5, 0.6) is 0 Å². The van der Waals surface area contributed by atoms with Gasteiger partial charge in [0.15, 0.2) is 6.04 Å². The highest BCUT2D eigenvalue weighted by atomic mass is 16.6. The molecule has 1 aliphatic heterocycles. The van der Waals surface area contributed by atoms with E-state index in [1.807, 2.05) is 30.3 Å². The lowest BCUT2D eigenvalue weighted by Crippen LogP contribution is -2.56. The van der Waals surface area contributed by atoms with Crippen LogP contribution in [0.15, 0.2) is 91.0 Å². The van der Waals surface area contributed by atoms with Gasteiger partial charge in [-0.3, -0.25) is 0 Å². The summed E-state index contributed by atoms with van der Waals surface area (Å²) in [6.07, 6.45) is -3.50. The predicted molar refractivity (Wildman–Crippen MR) is 142 cm³/mol. The van der Waals surface area contributed by atoms with E-state index in [1.54, 1.807) is 60.7 Å². The van der Waals surface area contributed by atoms with Crippen LogP contribution in [-0.2, 0) is 43.6 Å². The molecule has 3 aromatic carbocycles. The fraction of sp³-hybridized carbons (Fsp3) is 0.241. The molecule has 11 nitrogen and oxygen atoms in total. The smallest absolute Gasteiger partial charge is 0.408 e. The molecule has 1 aliphatic rings. The number of hydrogen-bond acceptors (Lipinski definition) is 8. The fourth-order valence-electron chi connectivity index (χ4n) is 3.90. The maximum absolute atomic E-state index is 12.7. The Bertz CT molecular complexity index is 1270. The zero-order valence-corrected chi connectivity index (χ0v) is 21.5. The minimum atomic E-state index is -1.29. The average Bonchev–Trinajstić information content (AvgIpc) is 3.27. The number of rotatable bonds is 10. The number of benzene rings is 3. The lowest BCUT2D eigenvalue weighted by Gasteiger charge is -2.22. The molecule has 0 spiro atoms. The third kappa shape index (κ3) is 8.48. The van der Waals surface area contributed by atoms with Crippen LogP contribution >= 0.6 is 0 Å². The van der Waals surface area contributed by atoms with Crippen molar-refractivity contribution in [3.8, 4) is 0 Å². The van der Waals surface area contributed by atoms with Crippen LogP contribution in [-0.4, -0.2) is 49.0 Å². The minimum Gasteiger partial charge on any atom is -0.457 e. The largest absolute Gasteiger partial charge is 0.457 e. The van der Waals surface area contributed by atoms with Crippen LogP contribution in [0.1, 0.15) is 16.7 Å². The minimum absolute atomic E-state index is 0.0138. The summed E-state index contributed by atoms with van der Waals surface area (Å²) in [6, 6.07) is 24.7. The monoisotopic (exact) mass is 547 g/mol. The van der Waals surface area contributed by atoms with Gasteiger partial charge in [0.1, 0.15) is 32.0 Å². The Morgan fingerprint density at radius 2 is 1.05 bits per heavy atom. The first-order valence-corrected chi connectivity index (χ1v) is 12.6. The summed E-state index contributed by atoms with van der Waals surface area (Å²) in [5.41, 5.74) is 2.31. The number of ether oxygens (including phenoxy) is 4. The van der Waals surface area contributed by atoms with E-state index in [9.17, 15) is 19.2 Å². The molecule has 1 saturated heterocycles. The third-order valence-corrected chi connectivity index (χ3v) is 5.92. The van der Waals surface area contributed by atoms with Crippen LogP contribution in [0.4, 0.5) is 14.4 Å². The van der Waals surface area contributed by atoms with Crippen molar-refractivity contribution in [1.29, 1.82) is 0 Å². The molecule has 0 bridgehead atoms. The van der Waals surface area contributed by atoms with Gasteiger partial charge in [0, 0.05) is 0 Å². The first-order valence-electron chi connectivity index (χ1n) is 12.6. The van der Waals surface area contributed by atoms with Crippen LogP contribution in [0, 0.1) is 0 Å². The van der Waals surface area contributed by atoms with Gasteiger partial charge in [0.2, 0.25) is 0 Å². The highest BCUT2D eigenvalue weighted by Gasteiger charge is 2.47. The van der Waals surface area contributed by atoms with Crippen LogP contribution < -0.4 is 16.0 Å². The summed E-state index contributed by atoms with van der Waals surface area (Å²) in [7, 11) is 0. The fourth-order valence-corrected chi connectivity index (χ4v) is 3.90. The number of carbonyl (C=O) groups is 4. The van der Waals surface area contributed by atoms with E-state index in [1.165, 1.54) is 0 Å². The lowest BCUT2D eigenvalue weighted by molar-refractivity contribution is -0.142. The van der Waals surface area contributed by atoms with Gasteiger partial charge < -0.3 is 34.9 Å². The van der Waals surface area contributed by atoms with Gasteiger partial charge in [0.05, 0.1) is 6.54 Å². The van der Waals surface area contributed by atoms with Crippen LogP contribution in [0.2, 0.25) is 0 Å². The highest BCUT2D eigenvalue weighted by molar-refractivity contribution is 5.85. The molecular weight excluding hydrogens is 518 g/mol. The maximum atomic E-state index is 12.7. The van der Waals surface area contributed by atoms with E-state index >= 15 is 0 Å². The molecule has 3 unspecified atom stereocenters. The van der Waals surface area contributed by atoms with Gasteiger partial charge in [-0.15, -0.1) is 0 Å². The lowest BCUT2D eigenvalue weighted by atomic mass is 10.1. The number of esters is 1. The zero-order valence-electron chi connectivity index (χ0n) is 21.5. The normalized spacial score (nSPS) is 17.7. The summed E-state index contributed by atoms with van der Waals surface area (Å²) in [6.45, 7) is -0.188. The number of carbonyl (C=O) groups excluding carboxylic acids is 4. The molecule has 208 valence electrons. The molecule has 4 rings (SSSR count). The molecule has 0 saturated carbocycles. The Balaban J connectivity index is 1.35. The van der Waals surface area contributed by atoms with Crippen molar-refractivity contribution in [2.75, 3.05) is 6.54 Å². The molecule has 0 aliphatic carbocycles. The highest BCUT2D eigenvalue weighted by Crippen LogP contribution is 2.17. The molecule has 3 atom stereocenters. The SMILES string of the molecule is O=C(NCC1OC(=O)C(NC(=O)OCc2ccccc2)C1NC(=O)OCc1ccccc1)OCc1ccccc1. The molecule has 3 amide bonds. The van der Waals surface area contributed by atoms with Gasteiger partial charge in [-0.1, -0.05) is 91.0 Å². The van der Waals surface area contributed by atoms with Gasteiger partial charge in [-0.2, -0.15) is 0 Å². The second kappa shape index (κ2) is 14.2. The predicted octanol–water partition coefficient (Wildman–Crippen LogP) is 3.43. The molecule has 1 heterocycles. The number of hydrogen-bond donors (Lipinski definition) is 3. The van der Waals surface area contributed by atoms with E-state index < -0.39 is 42.4 Å². The van der Waals surface area contributed by atoms with Crippen molar-refractivity contribution < 1.29 is 38.1 Å². The molecule has 11 heteroatoms. The molecule has 3 N–H and O–H groups in total. The second-order valence-electron chi connectivity index (χ2n) is 8.83. The third-order valence-electron chi connectivity index (χ3n) is 5.92. The molecule has 40 heavy (non-hydrogen) atoms. The zero-order chi connectivity index (χ0) is 28.2. The van der Waals surface area contributed by atoms with Gasteiger partial charge in [-0.25, -0.2) is 19.2 Å². The molecule has 0 radical (unpaired) electrons. The van der Waals surface area contributed by atoms with Crippen molar-refractivity contribution in [2.45, 2.75) is 38.0 Å². The van der Waals surface area contributed by atoms with Crippen molar-refractivity contribution in [3.63, 3.8) is 0 Å². The number of nitrogens with one attached hydrogen (secondary N) is 3. The standard InChI is InChI=1S/C29H29N3O8/c33-26-25(32-29(36)39-19-22-14-8-3-9-15-22)24(31-28(35)38-18-21-12-6-2-7-13-21)23(40-26)16-30-27(34)37-17-20-10-4-1-5-11-20/h1-15,23-25H,16-19H2,(H,30,34)(H,31,35)(H,32,36). The Kier molecular flexibility index (Phi) is 9.92. The Labute approximate surface area is 230 Å². The Hall–Kier alpha value is -5.06. The number of cyclic esters (lactones) is 1. The van der Waals surface area contributed by atoms with Crippen LogP contribution in [0.25, 0.3) is 0 Å². The summed E-state index contributed by atoms with van der Waals surface area (Å²) >= 11 is 0. The Morgan fingerprint density at radius 1 is 0.625 bits per heavy atom. The molecule has 0 aromatic heterocycles. The van der Waals surface area contributed by atoms with Crippen LogP contribution in [0.3, 0.4) is 0 Å². The Morgan fingerprint density at radius 3 is 1.52 bits per heavy atom. The number of alkyl carbamates (subject to hydrolysis) is 3. The molecule has 3 aromatic rings. The van der Waals surface area contributed by atoms with Gasteiger partial charge >= 0.3 is 24.2 Å². The number of amides is 3. The van der Waals surface area contributed by atoms with E-state index in [2.05, 4.69) is 16.0 Å². The topological polar surface area (TPSA) is 141 Å². The van der Waals surface area contributed by atoms with Gasteiger partial charge in [0.25, 0.3) is 0 Å². The van der Waals surface area contributed by atoms with Crippen molar-refractivity contribution in [3.05, 3.63) is 108 Å². The first-order chi connectivity index (χ1) is 19.5. The summed E-state index contributed by atoms with van der Waals surface area (Å²) in [5, 5.41) is 7.54. The average molecular weight is 548 g/mol. The summed E-state index contributed by atoms with van der Waals surface area (Å²) in [4.78, 5) is 50.0. The van der Waals surface area contributed by atoms with Crippen molar-refractivity contribution in [1.82, 2.24) is 16.0 Å².